The van der Waals surface area contributed by atoms with Gasteiger partial charge in [-0.1, -0.05) is 6.92 Å². The van der Waals surface area contributed by atoms with Crippen LogP contribution >= 0.6 is 0 Å². The van der Waals surface area contributed by atoms with Crippen LogP contribution in [0.2, 0.25) is 0 Å². The molecule has 0 aromatic rings. The summed E-state index contributed by atoms with van der Waals surface area (Å²) in [5, 5.41) is 0. The zero-order valence-corrected chi connectivity index (χ0v) is 15.3. The zero-order chi connectivity index (χ0) is 19.5. The van der Waals surface area contributed by atoms with E-state index in [0.29, 0.717) is 0 Å². The van der Waals surface area contributed by atoms with Gasteiger partial charge in [0.05, 0.1) is 26.4 Å². The van der Waals surface area contributed by atoms with E-state index in [0.717, 1.165) is 0 Å². The van der Waals surface area contributed by atoms with Crippen molar-refractivity contribution in [3.05, 3.63) is 6.92 Å². The summed E-state index contributed by atoms with van der Waals surface area (Å²) in [6, 6.07) is 0. The molecule has 143 valence electrons. The monoisotopic (exact) mass is 359 g/mol. The molecule has 0 aliphatic rings. The first-order valence-electron chi connectivity index (χ1n) is 8.31. The lowest BCUT2D eigenvalue weighted by atomic mass is 9.76. The van der Waals surface area contributed by atoms with E-state index in [-0.39, 0.29) is 32.8 Å². The highest BCUT2D eigenvalue weighted by atomic mass is 16.6. The van der Waals surface area contributed by atoms with Crippen LogP contribution in [0.15, 0.2) is 0 Å². The Morgan fingerprint density at radius 3 is 1.40 bits per heavy atom. The Morgan fingerprint density at radius 2 is 1.12 bits per heavy atom. The summed E-state index contributed by atoms with van der Waals surface area (Å²) in [6.07, 6.45) is -0.744. The van der Waals surface area contributed by atoms with Crippen molar-refractivity contribution < 1.29 is 38.1 Å². The third-order valence-electron chi connectivity index (χ3n) is 3.45. The Balaban J connectivity index is 5.86. The third-order valence-corrected chi connectivity index (χ3v) is 3.45. The van der Waals surface area contributed by atoms with Crippen LogP contribution in [0.1, 0.15) is 40.5 Å². The summed E-state index contributed by atoms with van der Waals surface area (Å²) in [4.78, 5) is 49.2. The van der Waals surface area contributed by atoms with Gasteiger partial charge >= 0.3 is 23.9 Å². The van der Waals surface area contributed by atoms with Crippen LogP contribution < -0.4 is 0 Å². The highest BCUT2D eigenvalue weighted by molar-refractivity contribution is 6.03. The Morgan fingerprint density at radius 1 is 0.760 bits per heavy atom. The summed E-state index contributed by atoms with van der Waals surface area (Å²) < 4.78 is 19.7. The minimum atomic E-state index is -1.89. The Kier molecular flexibility index (Phi) is 10.5. The number of hydrogen-bond acceptors (Lipinski definition) is 8. The first-order valence-corrected chi connectivity index (χ1v) is 8.31. The van der Waals surface area contributed by atoms with Crippen molar-refractivity contribution in [3.63, 3.8) is 0 Å². The van der Waals surface area contributed by atoms with Gasteiger partial charge in [0, 0.05) is 0 Å². The molecule has 0 N–H and O–H groups in total. The van der Waals surface area contributed by atoms with Crippen LogP contribution in [0.4, 0.5) is 0 Å². The molecule has 8 heteroatoms. The van der Waals surface area contributed by atoms with Crippen molar-refractivity contribution in [2.75, 3.05) is 26.4 Å². The van der Waals surface area contributed by atoms with Gasteiger partial charge in [-0.05, 0) is 40.5 Å². The van der Waals surface area contributed by atoms with Crippen LogP contribution in [0.25, 0.3) is 0 Å². The molecule has 25 heavy (non-hydrogen) atoms. The number of ether oxygens (including phenoxy) is 4. The number of rotatable bonds is 11. The smallest absolute Gasteiger partial charge is 0.323 e. The second-order valence-electron chi connectivity index (χ2n) is 5.03. The van der Waals surface area contributed by atoms with Crippen LogP contribution in [0.5, 0.6) is 0 Å². The SMILES string of the molecule is [CH2]CC(CC(C(=O)OCC)C(=O)OCC)(C(=O)OCC)C(=O)OCC. The van der Waals surface area contributed by atoms with Gasteiger partial charge in [-0.3, -0.25) is 19.2 Å². The van der Waals surface area contributed by atoms with E-state index < -0.39 is 41.6 Å². The van der Waals surface area contributed by atoms with Gasteiger partial charge in [-0.15, -0.1) is 0 Å². The maximum Gasteiger partial charge on any atom is 0.323 e. The summed E-state index contributed by atoms with van der Waals surface area (Å²) in [5.74, 6) is -5.03. The van der Waals surface area contributed by atoms with Crippen molar-refractivity contribution in [1.82, 2.24) is 0 Å². The van der Waals surface area contributed by atoms with Crippen LogP contribution in [0.3, 0.4) is 0 Å². The molecule has 0 aromatic heterocycles. The molecule has 0 aromatic carbocycles. The molecule has 0 spiro atoms. The molecule has 0 atom stereocenters. The van der Waals surface area contributed by atoms with Crippen molar-refractivity contribution in [3.8, 4) is 0 Å². The fourth-order valence-corrected chi connectivity index (χ4v) is 2.19. The predicted octanol–water partition coefficient (Wildman–Crippen LogP) is 1.46. The number of carbonyl (C=O) groups is 4. The average molecular weight is 359 g/mol. The Labute approximate surface area is 148 Å². The minimum Gasteiger partial charge on any atom is -0.465 e. The molecule has 0 bridgehead atoms. The number of hydrogen-bond donors (Lipinski definition) is 0. The third kappa shape index (κ3) is 6.03. The van der Waals surface area contributed by atoms with Crippen LogP contribution in [0, 0.1) is 18.3 Å². The highest BCUT2D eigenvalue weighted by Gasteiger charge is 2.52. The highest BCUT2D eigenvalue weighted by Crippen LogP contribution is 2.35. The lowest BCUT2D eigenvalue weighted by molar-refractivity contribution is -0.176. The summed E-state index contributed by atoms with van der Waals surface area (Å²) in [7, 11) is 0. The van der Waals surface area contributed by atoms with Gasteiger partial charge in [0.15, 0.2) is 11.3 Å². The topological polar surface area (TPSA) is 105 Å². The summed E-state index contributed by atoms with van der Waals surface area (Å²) >= 11 is 0. The van der Waals surface area contributed by atoms with Crippen molar-refractivity contribution >= 4 is 23.9 Å². The molecule has 1 radical (unpaired) electrons. The first-order chi connectivity index (χ1) is 11.8. The molecule has 0 unspecified atom stereocenters. The molecular weight excluding hydrogens is 332 g/mol. The number of carbonyl (C=O) groups excluding carboxylic acids is 4. The Bertz CT molecular complexity index is 435. The average Bonchev–Trinajstić information content (AvgIpc) is 2.56. The van der Waals surface area contributed by atoms with E-state index in [9.17, 15) is 19.2 Å². The lowest BCUT2D eigenvalue weighted by Gasteiger charge is -2.30. The Hall–Kier alpha value is -2.12. The van der Waals surface area contributed by atoms with Gasteiger partial charge in [-0.2, -0.15) is 0 Å². The quantitative estimate of drug-likeness (QED) is 0.310. The summed E-state index contributed by atoms with van der Waals surface area (Å²) in [5.41, 5.74) is -1.89. The molecular formula is C17H27O8. The van der Waals surface area contributed by atoms with Gasteiger partial charge in [0.2, 0.25) is 0 Å². The molecule has 0 aliphatic heterocycles. The van der Waals surface area contributed by atoms with E-state index in [1.54, 1.807) is 27.7 Å². The fraction of sp³-hybridized carbons (Fsp3) is 0.706. The van der Waals surface area contributed by atoms with E-state index in [1.807, 2.05) is 0 Å². The normalized spacial score (nSPS) is 11.0. The second kappa shape index (κ2) is 11.4. The summed E-state index contributed by atoms with van der Waals surface area (Å²) in [6.45, 7) is 10.0. The maximum absolute atomic E-state index is 12.4. The molecule has 0 fully saturated rings. The van der Waals surface area contributed by atoms with E-state index in [2.05, 4.69) is 6.92 Å². The van der Waals surface area contributed by atoms with Gasteiger partial charge in [0.1, 0.15) is 0 Å². The molecule has 0 heterocycles. The van der Waals surface area contributed by atoms with Crippen molar-refractivity contribution in [1.29, 1.82) is 0 Å². The van der Waals surface area contributed by atoms with Crippen LogP contribution in [-0.2, 0) is 38.1 Å². The van der Waals surface area contributed by atoms with E-state index in [4.69, 9.17) is 18.9 Å². The minimum absolute atomic E-state index is 0.0173. The van der Waals surface area contributed by atoms with Gasteiger partial charge in [-0.25, -0.2) is 0 Å². The molecule has 0 saturated heterocycles. The largest absolute Gasteiger partial charge is 0.465 e. The molecule has 0 rings (SSSR count). The standard InChI is InChI=1S/C17H27O8/c1-6-17(15(20)24-9-4,16(21)25-10-5)11-12(13(18)22-7-2)14(19)23-8-3/h12H,1,6-11H2,2-5H3. The molecule has 0 amide bonds. The van der Waals surface area contributed by atoms with E-state index >= 15 is 0 Å². The van der Waals surface area contributed by atoms with Crippen molar-refractivity contribution in [2.45, 2.75) is 40.5 Å². The lowest BCUT2D eigenvalue weighted by Crippen LogP contribution is -2.46. The predicted molar refractivity (Wildman–Crippen MR) is 87.0 cm³/mol. The second-order valence-corrected chi connectivity index (χ2v) is 5.03. The van der Waals surface area contributed by atoms with Crippen molar-refractivity contribution in [2.24, 2.45) is 11.3 Å². The van der Waals surface area contributed by atoms with Gasteiger partial charge < -0.3 is 18.9 Å². The molecule has 0 aliphatic carbocycles. The fourth-order valence-electron chi connectivity index (χ4n) is 2.19. The molecule has 8 nitrogen and oxygen atoms in total. The first kappa shape index (κ1) is 22.9. The van der Waals surface area contributed by atoms with E-state index in [1.165, 1.54) is 0 Å². The molecule has 0 saturated carbocycles. The zero-order valence-electron chi connectivity index (χ0n) is 15.3. The number of esters is 4. The maximum atomic E-state index is 12.4. The van der Waals surface area contributed by atoms with Gasteiger partial charge in [0.25, 0.3) is 0 Å². The van der Waals surface area contributed by atoms with Crippen LogP contribution in [-0.4, -0.2) is 50.3 Å².